The van der Waals surface area contributed by atoms with Gasteiger partial charge in [0, 0.05) is 24.6 Å². The first-order valence-electron chi connectivity index (χ1n) is 10.6. The first-order valence-corrected chi connectivity index (χ1v) is 10.6. The molecule has 174 valence electrons. The molecule has 2 nitrogen and oxygen atoms in total. The Balaban J connectivity index is 1.69. The van der Waals surface area contributed by atoms with E-state index in [9.17, 15) is 22.0 Å². The number of fused-ring (bicyclic) bond motifs is 1. The normalized spacial score (nSPS) is 18.8. The highest BCUT2D eigenvalue weighted by atomic mass is 19.4. The Morgan fingerprint density at radius 3 is 2.33 bits per heavy atom. The highest BCUT2D eigenvalue weighted by Crippen LogP contribution is 2.39. The van der Waals surface area contributed by atoms with Gasteiger partial charge in [0.05, 0.1) is 0 Å². The van der Waals surface area contributed by atoms with Crippen molar-refractivity contribution in [3.05, 3.63) is 89.0 Å². The van der Waals surface area contributed by atoms with E-state index < -0.39 is 29.8 Å². The van der Waals surface area contributed by atoms with E-state index in [0.717, 1.165) is 34.9 Å². The molecule has 4 rings (SSSR count). The predicted molar refractivity (Wildman–Crippen MR) is 117 cm³/mol. The lowest BCUT2D eigenvalue weighted by molar-refractivity contribution is -0.153. The zero-order valence-electron chi connectivity index (χ0n) is 18.3. The van der Waals surface area contributed by atoms with Gasteiger partial charge in [0.25, 0.3) is 0 Å². The summed E-state index contributed by atoms with van der Waals surface area (Å²) in [6, 6.07) is 16.1. The van der Waals surface area contributed by atoms with Crippen molar-refractivity contribution in [2.24, 2.45) is 0 Å². The molecule has 0 saturated carbocycles. The lowest BCUT2D eigenvalue weighted by Crippen LogP contribution is -2.43. The van der Waals surface area contributed by atoms with E-state index in [1.54, 1.807) is 12.1 Å². The summed E-state index contributed by atoms with van der Waals surface area (Å²) in [5, 5.41) is 0. The van der Waals surface area contributed by atoms with Crippen LogP contribution >= 0.6 is 0 Å². The highest BCUT2D eigenvalue weighted by Gasteiger charge is 2.35. The van der Waals surface area contributed by atoms with Gasteiger partial charge in [-0.2, -0.15) is 13.2 Å². The van der Waals surface area contributed by atoms with Crippen molar-refractivity contribution in [3.63, 3.8) is 0 Å². The molecule has 33 heavy (non-hydrogen) atoms. The zero-order valence-corrected chi connectivity index (χ0v) is 18.3. The first-order chi connectivity index (χ1) is 15.5. The van der Waals surface area contributed by atoms with Crippen molar-refractivity contribution in [2.75, 3.05) is 20.2 Å². The van der Waals surface area contributed by atoms with Crippen LogP contribution in [-0.2, 0) is 18.4 Å². The van der Waals surface area contributed by atoms with Crippen molar-refractivity contribution in [1.82, 2.24) is 4.90 Å². The highest BCUT2D eigenvalue weighted by molar-refractivity contribution is 5.67. The van der Waals surface area contributed by atoms with Gasteiger partial charge in [-0.05, 0) is 65.6 Å². The van der Waals surface area contributed by atoms with Crippen LogP contribution in [0.15, 0.2) is 60.7 Å². The van der Waals surface area contributed by atoms with E-state index in [0.29, 0.717) is 18.5 Å². The number of benzene rings is 3. The van der Waals surface area contributed by atoms with Gasteiger partial charge in [-0.1, -0.05) is 37.3 Å². The molecule has 3 aromatic carbocycles. The molecule has 0 radical (unpaired) electrons. The van der Waals surface area contributed by atoms with Crippen molar-refractivity contribution >= 4 is 0 Å². The SMILES string of the molecule is CN1Cc2ccc(-c3cccc(OCC(F)(F)F)c3)cc2C(C)(Cc2cc(F)cc(F)c2)C1. The maximum Gasteiger partial charge on any atom is 0.422 e. The maximum absolute atomic E-state index is 13.8. The third kappa shape index (κ3) is 5.53. The Hall–Kier alpha value is -2.93. The summed E-state index contributed by atoms with van der Waals surface area (Å²) in [5.74, 6) is -1.08. The number of hydrogen-bond donors (Lipinski definition) is 0. The third-order valence-electron chi connectivity index (χ3n) is 5.91. The second-order valence-corrected chi connectivity index (χ2v) is 8.99. The minimum atomic E-state index is -4.41. The number of ether oxygens (including phenoxy) is 1. The van der Waals surface area contributed by atoms with Crippen LogP contribution in [-0.4, -0.2) is 31.3 Å². The summed E-state index contributed by atoms with van der Waals surface area (Å²) in [6.45, 7) is 2.14. The van der Waals surface area contributed by atoms with Gasteiger partial charge in [-0.15, -0.1) is 0 Å². The van der Waals surface area contributed by atoms with Gasteiger partial charge in [-0.25, -0.2) is 8.78 Å². The second-order valence-electron chi connectivity index (χ2n) is 8.99. The first kappa shape index (κ1) is 23.2. The fourth-order valence-electron chi connectivity index (χ4n) is 4.73. The summed E-state index contributed by atoms with van der Waals surface area (Å²) < 4.78 is 70.1. The summed E-state index contributed by atoms with van der Waals surface area (Å²) in [7, 11) is 2.00. The second kappa shape index (κ2) is 8.78. The standard InChI is InChI=1S/C26H24F5NO/c1-25(13-17-8-21(27)12-22(28)9-17)15-32(2)14-20-7-6-19(11-24(20)25)18-4-3-5-23(10-18)33-16-26(29,30)31/h3-12H,13-16H2,1-2H3. The van der Waals surface area contributed by atoms with Crippen molar-refractivity contribution < 1.29 is 26.7 Å². The van der Waals surface area contributed by atoms with Gasteiger partial charge in [0.2, 0.25) is 0 Å². The van der Waals surface area contributed by atoms with Gasteiger partial charge >= 0.3 is 6.18 Å². The molecule has 3 aromatic rings. The van der Waals surface area contributed by atoms with Gasteiger partial charge < -0.3 is 9.64 Å². The molecule has 1 heterocycles. The van der Waals surface area contributed by atoms with Gasteiger partial charge in [0.1, 0.15) is 17.4 Å². The number of likely N-dealkylation sites (N-methyl/N-ethyl adjacent to an activating group) is 1. The smallest absolute Gasteiger partial charge is 0.422 e. The van der Waals surface area contributed by atoms with Crippen LogP contribution in [0, 0.1) is 11.6 Å². The van der Waals surface area contributed by atoms with Crippen molar-refractivity contribution in [3.8, 4) is 16.9 Å². The van der Waals surface area contributed by atoms with Crippen LogP contribution in [0.5, 0.6) is 5.75 Å². The van der Waals surface area contributed by atoms with Gasteiger partial charge in [0.15, 0.2) is 6.61 Å². The van der Waals surface area contributed by atoms with Crippen LogP contribution in [0.2, 0.25) is 0 Å². The number of alkyl halides is 3. The minimum absolute atomic E-state index is 0.139. The zero-order chi connectivity index (χ0) is 23.8. The molecule has 0 aliphatic carbocycles. The maximum atomic E-state index is 13.8. The molecule has 1 aliphatic rings. The van der Waals surface area contributed by atoms with Crippen LogP contribution in [0.1, 0.15) is 23.6 Å². The fourth-order valence-corrected chi connectivity index (χ4v) is 4.73. The summed E-state index contributed by atoms with van der Waals surface area (Å²) in [6.07, 6.45) is -3.97. The molecule has 0 N–H and O–H groups in total. The predicted octanol–water partition coefficient (Wildman–Crippen LogP) is 6.52. The number of halogens is 5. The van der Waals surface area contributed by atoms with Crippen LogP contribution in [0.3, 0.4) is 0 Å². The van der Waals surface area contributed by atoms with E-state index >= 15 is 0 Å². The molecule has 7 heteroatoms. The Morgan fingerprint density at radius 1 is 0.939 bits per heavy atom. The fraction of sp³-hybridized carbons (Fsp3) is 0.308. The van der Waals surface area contributed by atoms with E-state index in [4.69, 9.17) is 4.74 Å². The number of nitrogens with zero attached hydrogens (tertiary/aromatic N) is 1. The summed E-state index contributed by atoms with van der Waals surface area (Å²) in [5.41, 5.74) is 3.90. The molecular weight excluding hydrogens is 437 g/mol. The molecule has 0 bridgehead atoms. The molecule has 0 amide bonds. The molecule has 1 aliphatic heterocycles. The van der Waals surface area contributed by atoms with Crippen LogP contribution < -0.4 is 4.74 Å². The average Bonchev–Trinajstić information content (AvgIpc) is 2.71. The molecule has 0 spiro atoms. The Labute approximate surface area is 189 Å². The molecule has 0 aromatic heterocycles. The summed E-state index contributed by atoms with van der Waals surface area (Å²) >= 11 is 0. The number of hydrogen-bond acceptors (Lipinski definition) is 2. The molecule has 0 fully saturated rings. The van der Waals surface area contributed by atoms with E-state index in [1.165, 1.54) is 18.2 Å². The minimum Gasteiger partial charge on any atom is -0.484 e. The van der Waals surface area contributed by atoms with Crippen molar-refractivity contribution in [1.29, 1.82) is 0 Å². The van der Waals surface area contributed by atoms with Gasteiger partial charge in [-0.3, -0.25) is 0 Å². The molecule has 0 saturated heterocycles. The summed E-state index contributed by atoms with van der Waals surface area (Å²) in [4.78, 5) is 2.17. The van der Waals surface area contributed by atoms with E-state index in [1.807, 2.05) is 31.3 Å². The Morgan fingerprint density at radius 2 is 1.64 bits per heavy atom. The third-order valence-corrected chi connectivity index (χ3v) is 5.91. The van der Waals surface area contributed by atoms with E-state index in [-0.39, 0.29) is 5.75 Å². The molecular formula is C26H24F5NO. The lowest BCUT2D eigenvalue weighted by atomic mass is 9.72. The van der Waals surface area contributed by atoms with Crippen LogP contribution in [0.4, 0.5) is 22.0 Å². The Kier molecular flexibility index (Phi) is 6.18. The Bertz CT molecular complexity index is 1140. The quantitative estimate of drug-likeness (QED) is 0.401. The van der Waals surface area contributed by atoms with E-state index in [2.05, 4.69) is 11.8 Å². The van der Waals surface area contributed by atoms with Crippen molar-refractivity contribution in [2.45, 2.75) is 31.5 Å². The number of rotatable bonds is 5. The lowest BCUT2D eigenvalue weighted by Gasteiger charge is -2.41. The average molecular weight is 461 g/mol. The molecule has 1 unspecified atom stereocenters. The molecule has 1 atom stereocenters. The van der Waals surface area contributed by atoms with Crippen LogP contribution in [0.25, 0.3) is 11.1 Å². The monoisotopic (exact) mass is 461 g/mol. The topological polar surface area (TPSA) is 12.5 Å². The largest absolute Gasteiger partial charge is 0.484 e.